The maximum atomic E-state index is 10.1. The summed E-state index contributed by atoms with van der Waals surface area (Å²) in [4.78, 5) is 2.36. The quantitative estimate of drug-likeness (QED) is 0.721. The van der Waals surface area contributed by atoms with E-state index in [0.29, 0.717) is 24.8 Å². The molecule has 0 aliphatic heterocycles. The molecule has 2 aliphatic carbocycles. The molecule has 21 heavy (non-hydrogen) atoms. The number of likely N-dealkylation sites (N-methyl/N-ethyl adjacent to an activating group) is 1. The Bertz CT molecular complexity index is 285. The number of nitrogens with zero attached hydrogens (tertiary/aromatic N) is 1. The van der Waals surface area contributed by atoms with Gasteiger partial charge in [0.15, 0.2) is 0 Å². The number of hydrogen-bond donors (Lipinski definition) is 2. The second-order valence-electron chi connectivity index (χ2n) is 7.20. The highest BCUT2D eigenvalue weighted by atomic mass is 16.5. The lowest BCUT2D eigenvalue weighted by Gasteiger charge is -2.37. The van der Waals surface area contributed by atoms with Gasteiger partial charge in [-0.15, -0.1) is 0 Å². The Labute approximate surface area is 130 Å². The first kappa shape index (κ1) is 17.2. The first-order valence-corrected chi connectivity index (χ1v) is 8.80. The number of nitrogens with one attached hydrogen (secondary N) is 1. The van der Waals surface area contributed by atoms with E-state index in [4.69, 9.17) is 4.74 Å². The Morgan fingerprint density at radius 1 is 1.14 bits per heavy atom. The van der Waals surface area contributed by atoms with Crippen LogP contribution in [0.1, 0.15) is 57.8 Å². The Kier molecular flexibility index (Phi) is 6.93. The van der Waals surface area contributed by atoms with Crippen LogP contribution in [0.2, 0.25) is 0 Å². The van der Waals surface area contributed by atoms with E-state index in [1.807, 2.05) is 0 Å². The molecule has 4 nitrogen and oxygen atoms in total. The fraction of sp³-hybridized carbons (Fsp3) is 1.00. The van der Waals surface area contributed by atoms with Crippen LogP contribution >= 0.6 is 0 Å². The standard InChI is InChI=1S/C17H34N2O2/c1-19(2)17(10-6-7-11-17)14-18-12-15(20)13-21-16-8-4-3-5-9-16/h15-16,18,20H,3-14H2,1-2H3. The van der Waals surface area contributed by atoms with Gasteiger partial charge in [-0.1, -0.05) is 32.1 Å². The van der Waals surface area contributed by atoms with Gasteiger partial charge in [0.05, 0.1) is 18.8 Å². The van der Waals surface area contributed by atoms with E-state index in [2.05, 4.69) is 24.3 Å². The first-order chi connectivity index (χ1) is 10.1. The lowest BCUT2D eigenvalue weighted by atomic mass is 9.96. The smallest absolute Gasteiger partial charge is 0.0897 e. The maximum absolute atomic E-state index is 10.1. The van der Waals surface area contributed by atoms with E-state index in [1.165, 1.54) is 57.8 Å². The van der Waals surface area contributed by atoms with Crippen molar-refractivity contribution in [3.05, 3.63) is 0 Å². The predicted octanol–water partition coefficient (Wildman–Crippen LogP) is 2.16. The van der Waals surface area contributed by atoms with Gasteiger partial charge < -0.3 is 20.1 Å². The summed E-state index contributed by atoms with van der Waals surface area (Å²) in [7, 11) is 4.35. The summed E-state index contributed by atoms with van der Waals surface area (Å²) in [5.41, 5.74) is 0.296. The highest BCUT2D eigenvalue weighted by molar-refractivity contribution is 4.94. The summed E-state index contributed by atoms with van der Waals surface area (Å²) in [5, 5.41) is 13.5. The van der Waals surface area contributed by atoms with Gasteiger partial charge >= 0.3 is 0 Å². The average Bonchev–Trinajstić information content (AvgIpc) is 2.96. The molecule has 0 radical (unpaired) electrons. The highest BCUT2D eigenvalue weighted by Gasteiger charge is 2.35. The minimum Gasteiger partial charge on any atom is -0.389 e. The zero-order valence-corrected chi connectivity index (χ0v) is 13.9. The van der Waals surface area contributed by atoms with E-state index in [-0.39, 0.29) is 6.10 Å². The van der Waals surface area contributed by atoms with Gasteiger partial charge in [-0.25, -0.2) is 0 Å². The first-order valence-electron chi connectivity index (χ1n) is 8.80. The van der Waals surface area contributed by atoms with Crippen LogP contribution in [0.4, 0.5) is 0 Å². The summed E-state index contributed by atoms with van der Waals surface area (Å²) in [6.45, 7) is 2.09. The molecule has 0 heterocycles. The van der Waals surface area contributed by atoms with Crippen molar-refractivity contribution >= 4 is 0 Å². The van der Waals surface area contributed by atoms with Gasteiger partial charge in [0, 0.05) is 18.6 Å². The third-order valence-corrected chi connectivity index (χ3v) is 5.39. The Hall–Kier alpha value is -0.160. The van der Waals surface area contributed by atoms with Crippen molar-refractivity contribution in [3.63, 3.8) is 0 Å². The molecule has 1 unspecified atom stereocenters. The zero-order valence-electron chi connectivity index (χ0n) is 13.9. The molecule has 2 saturated carbocycles. The molecule has 124 valence electrons. The molecule has 1 atom stereocenters. The topological polar surface area (TPSA) is 44.7 Å². The molecule has 0 spiro atoms. The van der Waals surface area contributed by atoms with Gasteiger partial charge in [0.2, 0.25) is 0 Å². The largest absolute Gasteiger partial charge is 0.389 e. The van der Waals surface area contributed by atoms with E-state index in [1.54, 1.807) is 0 Å². The number of hydrogen-bond acceptors (Lipinski definition) is 4. The molecule has 0 bridgehead atoms. The van der Waals surface area contributed by atoms with Crippen LogP contribution in [0.3, 0.4) is 0 Å². The minimum absolute atomic E-state index is 0.296. The lowest BCUT2D eigenvalue weighted by Crippen LogP contribution is -2.51. The number of ether oxygens (including phenoxy) is 1. The van der Waals surface area contributed by atoms with Crippen molar-refractivity contribution < 1.29 is 9.84 Å². The maximum Gasteiger partial charge on any atom is 0.0897 e. The Morgan fingerprint density at radius 3 is 2.43 bits per heavy atom. The van der Waals surface area contributed by atoms with Gasteiger partial charge in [-0.3, -0.25) is 0 Å². The molecule has 4 heteroatoms. The number of aliphatic hydroxyl groups excluding tert-OH is 1. The molecular formula is C17H34N2O2. The molecule has 2 fully saturated rings. The van der Waals surface area contributed by atoms with Crippen molar-refractivity contribution in [1.82, 2.24) is 10.2 Å². The molecule has 0 aromatic heterocycles. The van der Waals surface area contributed by atoms with E-state index in [9.17, 15) is 5.11 Å². The SMILES string of the molecule is CN(C)C1(CNCC(O)COC2CCCCC2)CCCC1. The second-order valence-corrected chi connectivity index (χ2v) is 7.20. The Balaban J connectivity index is 1.60. The highest BCUT2D eigenvalue weighted by Crippen LogP contribution is 2.33. The fourth-order valence-electron chi connectivity index (χ4n) is 3.82. The van der Waals surface area contributed by atoms with Crippen molar-refractivity contribution in [2.45, 2.75) is 75.5 Å². The van der Waals surface area contributed by atoms with Crippen LogP contribution in [0, 0.1) is 0 Å². The fourth-order valence-corrected chi connectivity index (χ4v) is 3.82. The molecule has 2 N–H and O–H groups in total. The minimum atomic E-state index is -0.382. The van der Waals surface area contributed by atoms with Gasteiger partial charge in [0.1, 0.15) is 0 Å². The zero-order chi connectivity index (χ0) is 15.1. The summed E-state index contributed by atoms with van der Waals surface area (Å²) >= 11 is 0. The summed E-state index contributed by atoms with van der Waals surface area (Å²) in [6.07, 6.45) is 11.4. The van der Waals surface area contributed by atoms with Crippen LogP contribution < -0.4 is 5.32 Å². The van der Waals surface area contributed by atoms with E-state index < -0.39 is 0 Å². The van der Waals surface area contributed by atoms with E-state index >= 15 is 0 Å². The normalized spacial score (nSPS) is 24.6. The van der Waals surface area contributed by atoms with Gasteiger partial charge in [-0.2, -0.15) is 0 Å². The summed E-state index contributed by atoms with van der Waals surface area (Å²) in [6, 6.07) is 0. The summed E-state index contributed by atoms with van der Waals surface area (Å²) in [5.74, 6) is 0. The summed E-state index contributed by atoms with van der Waals surface area (Å²) < 4.78 is 5.84. The van der Waals surface area contributed by atoms with Crippen molar-refractivity contribution in [3.8, 4) is 0 Å². The second kappa shape index (κ2) is 8.47. The van der Waals surface area contributed by atoms with Crippen LogP contribution in [-0.4, -0.2) is 61.5 Å². The molecule has 0 aromatic rings. The van der Waals surface area contributed by atoms with Crippen LogP contribution in [-0.2, 0) is 4.74 Å². The van der Waals surface area contributed by atoms with Crippen molar-refractivity contribution in [1.29, 1.82) is 0 Å². The number of aliphatic hydroxyl groups is 1. The third kappa shape index (κ3) is 5.20. The Morgan fingerprint density at radius 2 is 1.81 bits per heavy atom. The van der Waals surface area contributed by atoms with Gasteiger partial charge in [0.25, 0.3) is 0 Å². The average molecular weight is 298 g/mol. The van der Waals surface area contributed by atoms with Crippen molar-refractivity contribution in [2.75, 3.05) is 33.8 Å². The molecule has 0 saturated heterocycles. The number of rotatable bonds is 8. The molecular weight excluding hydrogens is 264 g/mol. The molecule has 2 rings (SSSR count). The predicted molar refractivity (Wildman–Crippen MR) is 86.6 cm³/mol. The van der Waals surface area contributed by atoms with Crippen LogP contribution in [0.25, 0.3) is 0 Å². The van der Waals surface area contributed by atoms with Crippen LogP contribution in [0.15, 0.2) is 0 Å². The monoisotopic (exact) mass is 298 g/mol. The lowest BCUT2D eigenvalue weighted by molar-refractivity contribution is -0.0237. The molecule has 2 aliphatic rings. The third-order valence-electron chi connectivity index (χ3n) is 5.39. The molecule has 0 aromatic carbocycles. The molecule has 0 amide bonds. The van der Waals surface area contributed by atoms with E-state index in [0.717, 1.165) is 6.54 Å². The van der Waals surface area contributed by atoms with Gasteiger partial charge in [-0.05, 0) is 39.8 Å². The van der Waals surface area contributed by atoms with Crippen LogP contribution in [0.5, 0.6) is 0 Å². The van der Waals surface area contributed by atoms with Crippen molar-refractivity contribution in [2.24, 2.45) is 0 Å².